The zero-order valence-corrected chi connectivity index (χ0v) is 17.8. The number of benzene rings is 2. The maximum absolute atomic E-state index is 13.0. The molecule has 1 amide bonds. The van der Waals surface area contributed by atoms with Crippen LogP contribution in [0.3, 0.4) is 0 Å². The van der Waals surface area contributed by atoms with Gasteiger partial charge in [-0.3, -0.25) is 4.79 Å². The lowest BCUT2D eigenvalue weighted by atomic mass is 10.1. The number of aromatic nitrogens is 2. The first-order valence-corrected chi connectivity index (χ1v) is 9.79. The molecule has 2 aromatic carbocycles. The van der Waals surface area contributed by atoms with Gasteiger partial charge in [-0.05, 0) is 42.8 Å². The average molecular weight is 419 g/mol. The van der Waals surface area contributed by atoms with E-state index in [2.05, 4.69) is 21.7 Å². The summed E-state index contributed by atoms with van der Waals surface area (Å²) in [6.45, 7) is 3.01. The fourth-order valence-corrected chi connectivity index (χ4v) is 3.22. The molecule has 3 rings (SSSR count). The second-order valence-corrected chi connectivity index (χ2v) is 7.05. The molecular formula is C23H25N5O3. The number of anilines is 1. The summed E-state index contributed by atoms with van der Waals surface area (Å²) in [4.78, 5) is 17.0. The van der Waals surface area contributed by atoms with Crippen molar-refractivity contribution in [1.29, 1.82) is 5.26 Å². The average Bonchev–Trinajstić information content (AvgIpc) is 3.30. The first-order chi connectivity index (χ1) is 15.0. The highest BCUT2D eigenvalue weighted by Crippen LogP contribution is 2.27. The van der Waals surface area contributed by atoms with Gasteiger partial charge in [-0.1, -0.05) is 6.07 Å². The molecule has 0 fully saturated rings. The van der Waals surface area contributed by atoms with Gasteiger partial charge in [-0.15, -0.1) is 0 Å². The predicted molar refractivity (Wildman–Crippen MR) is 117 cm³/mol. The molecular weight excluding hydrogens is 394 g/mol. The maximum Gasteiger partial charge on any atom is 0.253 e. The van der Waals surface area contributed by atoms with Crippen molar-refractivity contribution in [2.75, 3.05) is 19.5 Å². The molecule has 1 aromatic heterocycles. The second kappa shape index (κ2) is 10.2. The third-order valence-corrected chi connectivity index (χ3v) is 4.74. The largest absolute Gasteiger partial charge is 0.493 e. The zero-order valence-electron chi connectivity index (χ0n) is 17.8. The minimum absolute atomic E-state index is 0.0412. The summed E-state index contributed by atoms with van der Waals surface area (Å²) >= 11 is 0. The van der Waals surface area contributed by atoms with E-state index >= 15 is 0 Å². The first-order valence-electron chi connectivity index (χ1n) is 9.79. The number of carbonyl (C=O) groups excluding carboxylic acids is 1. The molecule has 0 unspecified atom stereocenters. The van der Waals surface area contributed by atoms with Crippen LogP contribution in [0.5, 0.6) is 11.5 Å². The normalized spacial score (nSPS) is 11.3. The molecule has 0 saturated carbocycles. The summed E-state index contributed by atoms with van der Waals surface area (Å²) < 4.78 is 12.5. The number of ether oxygens (including phenoxy) is 2. The number of nitrogens with zero attached hydrogens (tertiary/aromatic N) is 3. The van der Waals surface area contributed by atoms with E-state index < -0.39 is 0 Å². The molecule has 1 heterocycles. The van der Waals surface area contributed by atoms with Crippen LogP contribution in [0.2, 0.25) is 0 Å². The smallest absolute Gasteiger partial charge is 0.253 e. The summed E-state index contributed by atoms with van der Waals surface area (Å²) in [5.74, 6) is 0.943. The Hall–Kier alpha value is -3.99. The Kier molecular flexibility index (Phi) is 7.12. The fourth-order valence-electron chi connectivity index (χ4n) is 3.22. The van der Waals surface area contributed by atoms with Gasteiger partial charge in [0.05, 0.1) is 37.7 Å². The molecule has 0 aliphatic carbocycles. The van der Waals surface area contributed by atoms with Crippen molar-refractivity contribution in [3.63, 3.8) is 0 Å². The Labute approximate surface area is 181 Å². The molecule has 0 bridgehead atoms. The minimum Gasteiger partial charge on any atom is -0.493 e. The van der Waals surface area contributed by atoms with Crippen LogP contribution in [0.1, 0.15) is 28.4 Å². The van der Waals surface area contributed by atoms with Crippen LogP contribution in [0.4, 0.5) is 5.69 Å². The SMILES string of the molecule is COc1ccc(CNC(=O)c2cc(C#N)ccc2N[C@@H](C)Cn2ccnc2)cc1OC. The number of amides is 1. The number of hydrogen-bond acceptors (Lipinski definition) is 6. The van der Waals surface area contributed by atoms with Gasteiger partial charge >= 0.3 is 0 Å². The number of methoxy groups -OCH3 is 2. The molecule has 0 saturated heterocycles. The van der Waals surface area contributed by atoms with Crippen LogP contribution >= 0.6 is 0 Å². The maximum atomic E-state index is 13.0. The van der Waals surface area contributed by atoms with Gasteiger partial charge in [-0.25, -0.2) is 4.98 Å². The molecule has 0 spiro atoms. The van der Waals surface area contributed by atoms with Crippen LogP contribution in [0.15, 0.2) is 55.1 Å². The van der Waals surface area contributed by atoms with Crippen molar-refractivity contribution in [2.24, 2.45) is 0 Å². The van der Waals surface area contributed by atoms with Crippen LogP contribution in [-0.2, 0) is 13.1 Å². The van der Waals surface area contributed by atoms with Crippen molar-refractivity contribution in [2.45, 2.75) is 26.1 Å². The molecule has 2 N–H and O–H groups in total. The van der Waals surface area contributed by atoms with Gasteiger partial charge in [0.1, 0.15) is 0 Å². The van der Waals surface area contributed by atoms with Crippen LogP contribution in [0.25, 0.3) is 0 Å². The van der Waals surface area contributed by atoms with E-state index in [-0.39, 0.29) is 11.9 Å². The standard InChI is InChI=1S/C23H25N5O3/c1-16(14-28-9-8-25-15-28)27-20-6-4-17(12-24)10-19(20)23(29)26-13-18-5-7-21(30-2)22(11-18)31-3/h4-11,15-16,27H,13-14H2,1-3H3,(H,26,29)/t16-/m0/s1. The summed E-state index contributed by atoms with van der Waals surface area (Å²) in [5, 5.41) is 15.5. The molecule has 8 heteroatoms. The number of rotatable bonds is 9. The fraction of sp³-hybridized carbons (Fsp3) is 0.261. The number of hydrogen-bond donors (Lipinski definition) is 2. The van der Waals surface area contributed by atoms with Crippen molar-refractivity contribution in [3.05, 3.63) is 71.8 Å². The van der Waals surface area contributed by atoms with Crippen LogP contribution in [-0.4, -0.2) is 35.7 Å². The summed E-state index contributed by atoms with van der Waals surface area (Å²) in [6.07, 6.45) is 5.35. The summed E-state index contributed by atoms with van der Waals surface area (Å²) in [7, 11) is 3.14. The molecule has 160 valence electrons. The number of imidazole rings is 1. The molecule has 0 aliphatic rings. The molecule has 0 radical (unpaired) electrons. The van der Waals surface area contributed by atoms with Crippen molar-refractivity contribution >= 4 is 11.6 Å². The molecule has 8 nitrogen and oxygen atoms in total. The molecule has 1 atom stereocenters. The van der Waals surface area contributed by atoms with Crippen molar-refractivity contribution in [3.8, 4) is 17.6 Å². The monoisotopic (exact) mass is 419 g/mol. The second-order valence-electron chi connectivity index (χ2n) is 7.05. The van der Waals surface area contributed by atoms with E-state index in [1.807, 2.05) is 29.8 Å². The van der Waals surface area contributed by atoms with Gasteiger partial charge in [-0.2, -0.15) is 5.26 Å². The number of nitriles is 1. The number of nitrogens with one attached hydrogen (secondary N) is 2. The van der Waals surface area contributed by atoms with Crippen molar-refractivity contribution in [1.82, 2.24) is 14.9 Å². The summed E-state index contributed by atoms with van der Waals surface area (Å²) in [5.41, 5.74) is 2.36. The van der Waals surface area contributed by atoms with E-state index in [1.54, 1.807) is 51.0 Å². The van der Waals surface area contributed by atoms with Crippen LogP contribution < -0.4 is 20.1 Å². The molecule has 0 aliphatic heterocycles. The Morgan fingerprint density at radius 3 is 2.68 bits per heavy atom. The van der Waals surface area contributed by atoms with E-state index in [9.17, 15) is 10.1 Å². The zero-order chi connectivity index (χ0) is 22.2. The summed E-state index contributed by atoms with van der Waals surface area (Å²) in [6, 6.07) is 12.6. The molecule has 31 heavy (non-hydrogen) atoms. The van der Waals surface area contributed by atoms with Gasteiger partial charge in [0.2, 0.25) is 0 Å². The lowest BCUT2D eigenvalue weighted by Gasteiger charge is -2.19. The Morgan fingerprint density at radius 2 is 2.00 bits per heavy atom. The highest BCUT2D eigenvalue weighted by atomic mass is 16.5. The topological polar surface area (TPSA) is 101 Å². The van der Waals surface area contributed by atoms with Gasteiger partial charge in [0.15, 0.2) is 11.5 Å². The molecule has 3 aromatic rings. The van der Waals surface area contributed by atoms with Gasteiger partial charge in [0.25, 0.3) is 5.91 Å². The third-order valence-electron chi connectivity index (χ3n) is 4.74. The lowest BCUT2D eigenvalue weighted by Crippen LogP contribution is -2.27. The Bertz CT molecular complexity index is 1070. The van der Waals surface area contributed by atoms with Gasteiger partial charge < -0.3 is 24.7 Å². The van der Waals surface area contributed by atoms with E-state index in [0.29, 0.717) is 41.4 Å². The van der Waals surface area contributed by atoms with E-state index in [1.165, 1.54) is 0 Å². The van der Waals surface area contributed by atoms with E-state index in [4.69, 9.17) is 9.47 Å². The first kappa shape index (κ1) is 21.7. The number of carbonyl (C=O) groups is 1. The van der Waals surface area contributed by atoms with Crippen LogP contribution in [0, 0.1) is 11.3 Å². The third kappa shape index (κ3) is 5.54. The lowest BCUT2D eigenvalue weighted by molar-refractivity contribution is 0.0951. The Balaban J connectivity index is 1.74. The quantitative estimate of drug-likeness (QED) is 0.552. The van der Waals surface area contributed by atoms with E-state index in [0.717, 1.165) is 5.56 Å². The minimum atomic E-state index is -0.274. The van der Waals surface area contributed by atoms with Crippen molar-refractivity contribution < 1.29 is 14.3 Å². The Morgan fingerprint density at radius 1 is 1.19 bits per heavy atom. The van der Waals surface area contributed by atoms with Gasteiger partial charge in [0, 0.05) is 37.2 Å². The highest BCUT2D eigenvalue weighted by Gasteiger charge is 2.15. The highest BCUT2D eigenvalue weighted by molar-refractivity contribution is 6.00. The predicted octanol–water partition coefficient (Wildman–Crippen LogP) is 3.20.